The topological polar surface area (TPSA) is 130 Å². The maximum absolute atomic E-state index is 13.2. The molecule has 1 saturated heterocycles. The third kappa shape index (κ3) is 3.41. The summed E-state index contributed by atoms with van der Waals surface area (Å²) in [6.07, 6.45) is -0.131. The van der Waals surface area contributed by atoms with Crippen molar-refractivity contribution < 1.29 is 18.8 Å². The summed E-state index contributed by atoms with van der Waals surface area (Å²) in [5.74, 6) is -2.06. The number of imide groups is 1. The van der Waals surface area contributed by atoms with E-state index in [2.05, 4.69) is 15.4 Å². The zero-order valence-electron chi connectivity index (χ0n) is 17.8. The molecule has 10 nitrogen and oxygen atoms in total. The summed E-state index contributed by atoms with van der Waals surface area (Å²) in [5.41, 5.74) is 2.19. The molecule has 10 heteroatoms. The number of aryl methyl sites for hydroxylation is 1. The van der Waals surface area contributed by atoms with Gasteiger partial charge in [-0.15, -0.1) is 0 Å². The molecular formula is C23H19N5O5. The fourth-order valence-corrected chi connectivity index (χ4v) is 4.09. The lowest BCUT2D eigenvalue weighted by molar-refractivity contribution is -0.121. The van der Waals surface area contributed by atoms with Gasteiger partial charge in [0.1, 0.15) is 5.52 Å². The maximum Gasteiger partial charge on any atom is 0.325 e. The zero-order chi connectivity index (χ0) is 23.3. The molecule has 2 aromatic carbocycles. The molecule has 166 valence electrons. The number of aromatic amines is 1. The number of nitrogens with zero attached hydrogens (tertiary/aromatic N) is 3. The highest BCUT2D eigenvalue weighted by molar-refractivity contribution is 6.22. The average molecular weight is 445 g/mol. The van der Waals surface area contributed by atoms with Crippen LogP contribution in [0.1, 0.15) is 30.5 Å². The fourth-order valence-electron chi connectivity index (χ4n) is 4.09. The van der Waals surface area contributed by atoms with Crippen LogP contribution < -0.4 is 15.8 Å². The number of hydrogen-bond donors (Lipinski definition) is 2. The monoisotopic (exact) mass is 445 g/mol. The number of anilines is 2. The first-order valence-corrected chi connectivity index (χ1v) is 10.3. The number of benzene rings is 2. The molecule has 2 N–H and O–H groups in total. The lowest BCUT2D eigenvalue weighted by Crippen LogP contribution is -2.31. The lowest BCUT2D eigenvalue weighted by Gasteiger charge is -2.15. The van der Waals surface area contributed by atoms with Crippen LogP contribution in [0, 0.1) is 6.92 Å². The Morgan fingerprint density at radius 1 is 1.12 bits per heavy atom. The quantitative estimate of drug-likeness (QED) is 0.465. The molecule has 0 bridgehead atoms. The Kier molecular flexibility index (Phi) is 4.70. The van der Waals surface area contributed by atoms with Crippen molar-refractivity contribution in [1.29, 1.82) is 0 Å². The van der Waals surface area contributed by atoms with E-state index in [-0.39, 0.29) is 23.9 Å². The number of aromatic nitrogens is 3. The molecular weight excluding hydrogens is 426 g/mol. The van der Waals surface area contributed by atoms with Gasteiger partial charge in [-0.2, -0.15) is 9.67 Å². The molecule has 0 radical (unpaired) electrons. The number of para-hydroxylation sites is 2. The molecule has 1 atom stereocenters. The summed E-state index contributed by atoms with van der Waals surface area (Å²) in [5, 5.41) is 5.54. The highest BCUT2D eigenvalue weighted by atomic mass is 16.4. The second kappa shape index (κ2) is 7.59. The molecule has 2 aromatic heterocycles. The van der Waals surface area contributed by atoms with Crippen molar-refractivity contribution in [2.75, 3.05) is 10.2 Å². The SMILES string of the molecule is CC(=O)Nc1ccc(N2C(=O)C[C@H](c3c(C)[nH]n(-c4nc5ccccc5o4)c3=O)C2=O)cc1. The predicted molar refractivity (Wildman–Crippen MR) is 119 cm³/mol. The van der Waals surface area contributed by atoms with E-state index in [1.807, 2.05) is 6.07 Å². The molecule has 0 saturated carbocycles. The molecule has 1 aliphatic heterocycles. The van der Waals surface area contributed by atoms with Gasteiger partial charge in [-0.1, -0.05) is 12.1 Å². The number of H-pyrrole nitrogens is 1. The van der Waals surface area contributed by atoms with E-state index in [0.29, 0.717) is 28.2 Å². The van der Waals surface area contributed by atoms with E-state index < -0.39 is 23.3 Å². The van der Waals surface area contributed by atoms with Gasteiger partial charge < -0.3 is 9.73 Å². The minimum absolute atomic E-state index is 0.0535. The average Bonchev–Trinajstić information content (AvgIpc) is 3.41. The minimum atomic E-state index is -0.929. The fraction of sp³-hybridized carbons (Fsp3) is 0.174. The van der Waals surface area contributed by atoms with Crippen LogP contribution in [0.4, 0.5) is 11.4 Å². The van der Waals surface area contributed by atoms with E-state index in [1.165, 1.54) is 6.92 Å². The van der Waals surface area contributed by atoms with E-state index in [1.54, 1.807) is 49.4 Å². The van der Waals surface area contributed by atoms with Crippen molar-refractivity contribution in [3.63, 3.8) is 0 Å². The van der Waals surface area contributed by atoms with Gasteiger partial charge in [0.2, 0.25) is 17.7 Å². The molecule has 1 fully saturated rings. The third-order valence-electron chi connectivity index (χ3n) is 5.53. The van der Waals surface area contributed by atoms with Gasteiger partial charge in [0, 0.05) is 24.7 Å². The Bertz CT molecular complexity index is 1440. The van der Waals surface area contributed by atoms with Crippen LogP contribution in [0.15, 0.2) is 57.7 Å². The van der Waals surface area contributed by atoms with Gasteiger partial charge in [0.05, 0.1) is 17.2 Å². The summed E-state index contributed by atoms with van der Waals surface area (Å²) in [4.78, 5) is 55.7. The highest BCUT2D eigenvalue weighted by Gasteiger charge is 2.43. The number of nitrogens with one attached hydrogen (secondary N) is 2. The summed E-state index contributed by atoms with van der Waals surface area (Å²) in [7, 11) is 0. The van der Waals surface area contributed by atoms with Gasteiger partial charge >= 0.3 is 6.01 Å². The second-order valence-corrected chi connectivity index (χ2v) is 7.81. The molecule has 0 aliphatic carbocycles. The largest absolute Gasteiger partial charge is 0.422 e. The molecule has 0 unspecified atom stereocenters. The first-order chi connectivity index (χ1) is 15.8. The summed E-state index contributed by atoms with van der Waals surface area (Å²) < 4.78 is 6.82. The first kappa shape index (κ1) is 20.4. The molecule has 0 spiro atoms. The minimum Gasteiger partial charge on any atom is -0.422 e. The van der Waals surface area contributed by atoms with E-state index in [0.717, 1.165) is 9.58 Å². The molecule has 33 heavy (non-hydrogen) atoms. The predicted octanol–water partition coefficient (Wildman–Crippen LogP) is 2.62. The van der Waals surface area contributed by atoms with Crippen molar-refractivity contribution in [1.82, 2.24) is 14.8 Å². The summed E-state index contributed by atoms with van der Waals surface area (Å²) >= 11 is 0. The van der Waals surface area contributed by atoms with Crippen molar-refractivity contribution in [2.24, 2.45) is 0 Å². The Balaban J connectivity index is 1.48. The third-order valence-corrected chi connectivity index (χ3v) is 5.53. The number of carbonyl (C=O) groups is 3. The Morgan fingerprint density at radius 2 is 1.85 bits per heavy atom. The van der Waals surface area contributed by atoms with Crippen LogP contribution >= 0.6 is 0 Å². The number of carbonyl (C=O) groups excluding carboxylic acids is 3. The number of fused-ring (bicyclic) bond motifs is 1. The van der Waals surface area contributed by atoms with Crippen molar-refractivity contribution in [3.05, 3.63) is 70.1 Å². The zero-order valence-corrected chi connectivity index (χ0v) is 17.8. The lowest BCUT2D eigenvalue weighted by atomic mass is 9.98. The standard InChI is InChI=1S/C23H19N5O5/c1-12-20(22(32)28(26-12)23-25-17-5-3-4-6-18(17)33-23)16-11-19(30)27(21(16)31)15-9-7-14(8-10-15)24-13(2)29/h3-10,16,26H,11H2,1-2H3,(H,24,29)/t16-/m1/s1. The van der Waals surface area contributed by atoms with E-state index >= 15 is 0 Å². The van der Waals surface area contributed by atoms with Crippen LogP contribution in [0.25, 0.3) is 17.1 Å². The van der Waals surface area contributed by atoms with Crippen LogP contribution in [0.2, 0.25) is 0 Å². The van der Waals surface area contributed by atoms with Gasteiger partial charge in [-0.3, -0.25) is 29.2 Å². The second-order valence-electron chi connectivity index (χ2n) is 7.81. The number of rotatable bonds is 4. The van der Waals surface area contributed by atoms with Crippen molar-refractivity contribution in [3.8, 4) is 6.01 Å². The molecule has 1 aliphatic rings. The van der Waals surface area contributed by atoms with E-state index in [9.17, 15) is 19.2 Å². The van der Waals surface area contributed by atoms with Gasteiger partial charge in [0.25, 0.3) is 5.56 Å². The Hall–Kier alpha value is -4.47. The number of oxazole rings is 1. The van der Waals surface area contributed by atoms with Crippen LogP contribution in [0.5, 0.6) is 0 Å². The highest BCUT2D eigenvalue weighted by Crippen LogP contribution is 2.33. The molecule has 3 amide bonds. The Labute approximate surface area is 186 Å². The molecule has 5 rings (SSSR count). The van der Waals surface area contributed by atoms with Gasteiger partial charge in [-0.25, -0.2) is 0 Å². The first-order valence-electron chi connectivity index (χ1n) is 10.3. The van der Waals surface area contributed by atoms with Crippen LogP contribution in [-0.2, 0) is 14.4 Å². The van der Waals surface area contributed by atoms with Crippen LogP contribution in [-0.4, -0.2) is 32.5 Å². The van der Waals surface area contributed by atoms with Gasteiger partial charge in [-0.05, 0) is 43.3 Å². The van der Waals surface area contributed by atoms with E-state index in [4.69, 9.17) is 4.42 Å². The maximum atomic E-state index is 13.2. The number of amides is 3. The van der Waals surface area contributed by atoms with Gasteiger partial charge in [0.15, 0.2) is 5.58 Å². The summed E-state index contributed by atoms with van der Waals surface area (Å²) in [6.45, 7) is 3.05. The summed E-state index contributed by atoms with van der Waals surface area (Å²) in [6, 6.07) is 13.5. The van der Waals surface area contributed by atoms with Crippen LogP contribution in [0.3, 0.4) is 0 Å². The Morgan fingerprint density at radius 3 is 2.55 bits per heavy atom. The number of hydrogen-bond acceptors (Lipinski definition) is 6. The normalized spacial score (nSPS) is 16.1. The van der Waals surface area contributed by atoms with Crippen molar-refractivity contribution >= 4 is 40.2 Å². The smallest absolute Gasteiger partial charge is 0.325 e. The van der Waals surface area contributed by atoms with Crippen molar-refractivity contribution in [2.45, 2.75) is 26.2 Å². The molecule has 3 heterocycles. The molecule has 4 aromatic rings.